The summed E-state index contributed by atoms with van der Waals surface area (Å²) in [5.41, 5.74) is 1.74. The monoisotopic (exact) mass is 240 g/mol. The maximum absolute atomic E-state index is 11.6. The second-order valence-corrected chi connectivity index (χ2v) is 4.08. The van der Waals surface area contributed by atoms with Crippen molar-refractivity contribution in [1.29, 1.82) is 0 Å². The highest BCUT2D eigenvalue weighted by Gasteiger charge is 2.07. The van der Waals surface area contributed by atoms with Crippen LogP contribution in [-0.4, -0.2) is 13.1 Å². The van der Waals surface area contributed by atoms with E-state index in [1.807, 2.05) is 37.3 Å². The predicted octanol–water partition coefficient (Wildman–Crippen LogP) is 3.81. The lowest BCUT2D eigenvalue weighted by Gasteiger charge is -2.05. The average molecular weight is 240 g/mol. The Balaban J connectivity index is 2.54. The molecule has 0 spiro atoms. The molecule has 0 amide bonds. The lowest BCUT2D eigenvalue weighted by molar-refractivity contribution is -0.136. The maximum Gasteiger partial charge on any atom is 0.333 e. The lowest BCUT2D eigenvalue weighted by Crippen LogP contribution is -2.03. The number of fused-ring (bicyclic) bond motifs is 1. The Kier molecular flexibility index (Phi) is 3.78. The van der Waals surface area contributed by atoms with Gasteiger partial charge in [-0.3, -0.25) is 0 Å². The Hall–Kier alpha value is -2.09. The Labute approximate surface area is 107 Å². The van der Waals surface area contributed by atoms with Crippen LogP contribution in [0.25, 0.3) is 16.8 Å². The molecule has 0 N–H and O–H groups in total. The van der Waals surface area contributed by atoms with Crippen molar-refractivity contribution < 1.29 is 9.53 Å². The quantitative estimate of drug-likeness (QED) is 0.602. The van der Waals surface area contributed by atoms with Crippen molar-refractivity contribution >= 4 is 22.8 Å². The summed E-state index contributed by atoms with van der Waals surface area (Å²) >= 11 is 0. The van der Waals surface area contributed by atoms with Crippen LogP contribution in [0.3, 0.4) is 0 Å². The molecule has 0 radical (unpaired) electrons. The Morgan fingerprint density at radius 1 is 1.17 bits per heavy atom. The minimum absolute atomic E-state index is 0.259. The lowest BCUT2D eigenvalue weighted by atomic mass is 10.0. The molecule has 2 heteroatoms. The summed E-state index contributed by atoms with van der Waals surface area (Å²) in [6, 6.07) is 14.2. The molecule has 2 aromatic carbocycles. The number of benzene rings is 2. The highest BCUT2D eigenvalue weighted by atomic mass is 16.5. The van der Waals surface area contributed by atoms with E-state index in [-0.39, 0.29) is 5.97 Å². The normalized spacial score (nSPS) is 11.6. The molecule has 0 saturated carbocycles. The van der Waals surface area contributed by atoms with Gasteiger partial charge in [-0.15, -0.1) is 0 Å². The summed E-state index contributed by atoms with van der Waals surface area (Å²) < 4.78 is 4.78. The van der Waals surface area contributed by atoms with E-state index >= 15 is 0 Å². The van der Waals surface area contributed by atoms with E-state index in [4.69, 9.17) is 4.74 Å². The van der Waals surface area contributed by atoms with Crippen molar-refractivity contribution in [2.75, 3.05) is 7.11 Å². The third-order valence-corrected chi connectivity index (χ3v) is 2.98. The van der Waals surface area contributed by atoms with E-state index in [1.54, 1.807) is 0 Å². The van der Waals surface area contributed by atoms with Crippen LogP contribution in [0.5, 0.6) is 0 Å². The second kappa shape index (κ2) is 5.50. The van der Waals surface area contributed by atoms with E-state index in [0.29, 0.717) is 12.0 Å². The van der Waals surface area contributed by atoms with E-state index < -0.39 is 0 Å². The van der Waals surface area contributed by atoms with Gasteiger partial charge in [0.15, 0.2) is 0 Å². The van der Waals surface area contributed by atoms with Crippen molar-refractivity contribution in [2.24, 2.45) is 0 Å². The summed E-state index contributed by atoms with van der Waals surface area (Å²) in [4.78, 5) is 11.6. The zero-order valence-corrected chi connectivity index (χ0v) is 10.6. The Morgan fingerprint density at radius 3 is 2.61 bits per heavy atom. The number of esters is 1. The first kappa shape index (κ1) is 12.4. The molecule has 2 nitrogen and oxygen atoms in total. The van der Waals surface area contributed by atoms with Gasteiger partial charge in [0.25, 0.3) is 0 Å². The van der Waals surface area contributed by atoms with Gasteiger partial charge in [-0.1, -0.05) is 49.4 Å². The van der Waals surface area contributed by atoms with Crippen LogP contribution in [0.4, 0.5) is 0 Å². The SMILES string of the molecule is CC/C(=C\c1cccc2ccccc12)C(=O)OC. The molecule has 92 valence electrons. The summed E-state index contributed by atoms with van der Waals surface area (Å²) in [5.74, 6) is -0.259. The molecule has 0 aromatic heterocycles. The largest absolute Gasteiger partial charge is 0.466 e. The first-order valence-corrected chi connectivity index (χ1v) is 6.03. The summed E-state index contributed by atoms with van der Waals surface area (Å²) in [5, 5.41) is 2.32. The Bertz CT molecular complexity index is 592. The Morgan fingerprint density at radius 2 is 1.89 bits per heavy atom. The van der Waals surface area contributed by atoms with Crippen LogP contribution in [-0.2, 0) is 9.53 Å². The molecule has 2 rings (SSSR count). The number of hydrogen-bond donors (Lipinski definition) is 0. The number of carbonyl (C=O) groups is 1. The highest BCUT2D eigenvalue weighted by Crippen LogP contribution is 2.21. The van der Waals surface area contributed by atoms with Crippen LogP contribution in [0.2, 0.25) is 0 Å². The number of rotatable bonds is 3. The van der Waals surface area contributed by atoms with Crippen LogP contribution in [0, 0.1) is 0 Å². The van der Waals surface area contributed by atoms with Gasteiger partial charge in [-0.2, -0.15) is 0 Å². The van der Waals surface area contributed by atoms with Gasteiger partial charge in [-0.25, -0.2) is 4.79 Å². The number of carbonyl (C=O) groups excluding carboxylic acids is 1. The third kappa shape index (κ3) is 2.43. The molecule has 0 aliphatic heterocycles. The minimum atomic E-state index is -0.259. The zero-order chi connectivity index (χ0) is 13.0. The second-order valence-electron chi connectivity index (χ2n) is 4.08. The molecule has 0 aliphatic carbocycles. The molecule has 18 heavy (non-hydrogen) atoms. The van der Waals surface area contributed by atoms with Crippen LogP contribution in [0.1, 0.15) is 18.9 Å². The van der Waals surface area contributed by atoms with Crippen molar-refractivity contribution in [3.63, 3.8) is 0 Å². The van der Waals surface area contributed by atoms with Gasteiger partial charge >= 0.3 is 5.97 Å². The van der Waals surface area contributed by atoms with E-state index in [0.717, 1.165) is 10.9 Å². The third-order valence-electron chi connectivity index (χ3n) is 2.98. The summed E-state index contributed by atoms with van der Waals surface area (Å²) in [6.45, 7) is 1.95. The predicted molar refractivity (Wildman–Crippen MR) is 74.2 cm³/mol. The molecular formula is C16H16O2. The fourth-order valence-corrected chi connectivity index (χ4v) is 2.00. The molecular weight excluding hydrogens is 224 g/mol. The van der Waals surface area contributed by atoms with Gasteiger partial charge in [0.05, 0.1) is 7.11 Å². The van der Waals surface area contributed by atoms with Gasteiger partial charge < -0.3 is 4.74 Å². The smallest absolute Gasteiger partial charge is 0.333 e. The molecule has 0 bridgehead atoms. The number of methoxy groups -OCH3 is 1. The summed E-state index contributed by atoms with van der Waals surface area (Å²) in [7, 11) is 1.41. The topological polar surface area (TPSA) is 26.3 Å². The van der Waals surface area contributed by atoms with Crippen molar-refractivity contribution in [1.82, 2.24) is 0 Å². The van der Waals surface area contributed by atoms with Crippen LogP contribution < -0.4 is 0 Å². The fraction of sp³-hybridized carbons (Fsp3) is 0.188. The molecule has 0 aliphatic rings. The van der Waals surface area contributed by atoms with Crippen molar-refractivity contribution in [3.05, 3.63) is 53.6 Å². The number of hydrogen-bond acceptors (Lipinski definition) is 2. The molecule has 0 unspecified atom stereocenters. The molecule has 0 saturated heterocycles. The van der Waals surface area contributed by atoms with Crippen LogP contribution in [0.15, 0.2) is 48.0 Å². The first-order valence-electron chi connectivity index (χ1n) is 6.03. The number of ether oxygens (including phenoxy) is 1. The van der Waals surface area contributed by atoms with Gasteiger partial charge in [0.1, 0.15) is 0 Å². The zero-order valence-electron chi connectivity index (χ0n) is 10.6. The van der Waals surface area contributed by atoms with E-state index in [2.05, 4.69) is 18.2 Å². The van der Waals surface area contributed by atoms with Crippen LogP contribution >= 0.6 is 0 Å². The minimum Gasteiger partial charge on any atom is -0.466 e. The van der Waals surface area contributed by atoms with Gasteiger partial charge in [-0.05, 0) is 28.8 Å². The molecule has 2 aromatic rings. The molecule has 0 atom stereocenters. The maximum atomic E-state index is 11.6. The van der Waals surface area contributed by atoms with Gasteiger partial charge in [0, 0.05) is 5.57 Å². The van der Waals surface area contributed by atoms with Crippen molar-refractivity contribution in [3.8, 4) is 0 Å². The first-order chi connectivity index (χ1) is 8.76. The van der Waals surface area contributed by atoms with Crippen molar-refractivity contribution in [2.45, 2.75) is 13.3 Å². The molecule has 0 fully saturated rings. The fourth-order valence-electron chi connectivity index (χ4n) is 2.00. The van der Waals surface area contributed by atoms with E-state index in [9.17, 15) is 4.79 Å². The molecule has 0 heterocycles. The average Bonchev–Trinajstić information content (AvgIpc) is 2.44. The highest BCUT2D eigenvalue weighted by molar-refractivity contribution is 5.98. The standard InChI is InChI=1S/C16H16O2/c1-3-12(16(17)18-2)11-14-9-6-8-13-7-4-5-10-15(13)14/h4-11H,3H2,1-2H3/b12-11+. The summed E-state index contributed by atoms with van der Waals surface area (Å²) in [6.07, 6.45) is 2.57. The van der Waals surface area contributed by atoms with Gasteiger partial charge in [0.2, 0.25) is 0 Å². The van der Waals surface area contributed by atoms with E-state index in [1.165, 1.54) is 12.5 Å².